The third-order valence-electron chi connectivity index (χ3n) is 4.02. The average Bonchev–Trinajstić information content (AvgIpc) is 2.53. The number of aliphatic hydroxyl groups excluding tert-OH is 1. The number of pyridine rings is 1. The zero-order valence-electron chi connectivity index (χ0n) is 12.5. The number of hydrogen-bond acceptors (Lipinski definition) is 4. The van der Waals surface area contributed by atoms with Crippen LogP contribution in [0.1, 0.15) is 31.2 Å². The number of carbonyl (C=O) groups is 1. The van der Waals surface area contributed by atoms with Crippen LogP contribution in [0.3, 0.4) is 0 Å². The molecule has 0 radical (unpaired) electrons. The molecule has 0 bridgehead atoms. The summed E-state index contributed by atoms with van der Waals surface area (Å²) in [6, 6.07) is 4.03. The van der Waals surface area contributed by atoms with Crippen molar-refractivity contribution < 1.29 is 9.90 Å². The third kappa shape index (κ3) is 5.44. The Kier molecular flexibility index (Phi) is 6.63. The first-order valence-corrected chi connectivity index (χ1v) is 7.80. The number of carbonyl (C=O) groups excluding carboxylic acids is 1. The van der Waals surface area contributed by atoms with Crippen molar-refractivity contribution in [2.24, 2.45) is 0 Å². The van der Waals surface area contributed by atoms with Gasteiger partial charge in [0.2, 0.25) is 5.91 Å². The Morgan fingerprint density at radius 3 is 2.95 bits per heavy atom. The van der Waals surface area contributed by atoms with Crippen molar-refractivity contribution in [1.82, 2.24) is 15.2 Å². The highest BCUT2D eigenvalue weighted by Gasteiger charge is 2.20. The number of aliphatic hydroxyl groups is 1. The molecular weight excluding hydrogens is 266 g/mol. The van der Waals surface area contributed by atoms with Gasteiger partial charge in [0, 0.05) is 31.5 Å². The molecule has 1 fully saturated rings. The highest BCUT2D eigenvalue weighted by atomic mass is 16.3. The summed E-state index contributed by atoms with van der Waals surface area (Å²) in [5.74, 6) is 0.0542. The molecule has 1 aliphatic heterocycles. The van der Waals surface area contributed by atoms with Crippen molar-refractivity contribution in [2.45, 2.75) is 38.1 Å². The molecule has 1 aromatic heterocycles. The van der Waals surface area contributed by atoms with E-state index in [1.807, 2.05) is 12.1 Å². The van der Waals surface area contributed by atoms with Crippen molar-refractivity contribution in [3.63, 3.8) is 0 Å². The minimum Gasteiger partial charge on any atom is -0.395 e. The van der Waals surface area contributed by atoms with Crippen LogP contribution in [0.15, 0.2) is 24.5 Å². The first kappa shape index (κ1) is 15.9. The SMILES string of the molecule is O=C(Cc1ccncc1)NCCCN1CCCC[C@H]1CO. The Balaban J connectivity index is 1.61. The van der Waals surface area contributed by atoms with Gasteiger partial charge in [-0.25, -0.2) is 0 Å². The van der Waals surface area contributed by atoms with E-state index in [1.165, 1.54) is 12.8 Å². The molecule has 116 valence electrons. The fourth-order valence-corrected chi connectivity index (χ4v) is 2.82. The minimum atomic E-state index is 0.0542. The van der Waals surface area contributed by atoms with Crippen molar-refractivity contribution >= 4 is 5.91 Å². The molecular formula is C16H25N3O2. The standard InChI is InChI=1S/C16H25N3O2/c20-13-15-4-1-2-10-19(15)11-3-7-18-16(21)12-14-5-8-17-9-6-14/h5-6,8-9,15,20H,1-4,7,10-13H2,(H,18,21)/t15-/m0/s1. The molecule has 1 aromatic rings. The monoisotopic (exact) mass is 291 g/mol. The summed E-state index contributed by atoms with van der Waals surface area (Å²) in [7, 11) is 0. The van der Waals surface area contributed by atoms with Gasteiger partial charge >= 0.3 is 0 Å². The zero-order valence-corrected chi connectivity index (χ0v) is 12.5. The lowest BCUT2D eigenvalue weighted by Gasteiger charge is -2.34. The third-order valence-corrected chi connectivity index (χ3v) is 4.02. The molecule has 2 heterocycles. The van der Waals surface area contributed by atoms with Crippen LogP contribution in [-0.4, -0.2) is 53.2 Å². The summed E-state index contributed by atoms with van der Waals surface area (Å²) >= 11 is 0. The van der Waals surface area contributed by atoms with E-state index < -0.39 is 0 Å². The lowest BCUT2D eigenvalue weighted by Crippen LogP contribution is -2.43. The van der Waals surface area contributed by atoms with Crippen molar-refractivity contribution in [2.75, 3.05) is 26.2 Å². The molecule has 1 saturated heterocycles. The first-order valence-electron chi connectivity index (χ1n) is 7.80. The summed E-state index contributed by atoms with van der Waals surface area (Å²) in [5.41, 5.74) is 0.985. The van der Waals surface area contributed by atoms with E-state index in [1.54, 1.807) is 12.4 Å². The van der Waals surface area contributed by atoms with Gasteiger partial charge in [-0.2, -0.15) is 0 Å². The zero-order chi connectivity index (χ0) is 14.9. The van der Waals surface area contributed by atoms with E-state index in [9.17, 15) is 9.90 Å². The summed E-state index contributed by atoms with van der Waals surface area (Å²) in [6.45, 7) is 2.95. The van der Waals surface area contributed by atoms with Gasteiger partial charge in [0.05, 0.1) is 13.0 Å². The molecule has 5 nitrogen and oxygen atoms in total. The minimum absolute atomic E-state index is 0.0542. The van der Waals surface area contributed by atoms with Crippen LogP contribution in [0.2, 0.25) is 0 Å². The van der Waals surface area contributed by atoms with Crippen molar-refractivity contribution in [1.29, 1.82) is 0 Å². The van der Waals surface area contributed by atoms with E-state index in [4.69, 9.17) is 0 Å². The molecule has 0 unspecified atom stereocenters. The van der Waals surface area contributed by atoms with E-state index in [0.29, 0.717) is 19.0 Å². The van der Waals surface area contributed by atoms with Crippen LogP contribution in [-0.2, 0) is 11.2 Å². The van der Waals surface area contributed by atoms with Crippen LogP contribution in [0.5, 0.6) is 0 Å². The van der Waals surface area contributed by atoms with Crippen LogP contribution < -0.4 is 5.32 Å². The lowest BCUT2D eigenvalue weighted by molar-refractivity contribution is -0.120. The summed E-state index contributed by atoms with van der Waals surface area (Å²) in [5, 5.41) is 12.3. The Morgan fingerprint density at radius 1 is 1.38 bits per heavy atom. The van der Waals surface area contributed by atoms with Crippen LogP contribution in [0, 0.1) is 0 Å². The highest BCUT2D eigenvalue weighted by molar-refractivity contribution is 5.78. The molecule has 1 atom stereocenters. The normalized spacial score (nSPS) is 19.4. The second-order valence-corrected chi connectivity index (χ2v) is 5.60. The Hall–Kier alpha value is -1.46. The smallest absolute Gasteiger partial charge is 0.224 e. The fraction of sp³-hybridized carbons (Fsp3) is 0.625. The molecule has 21 heavy (non-hydrogen) atoms. The van der Waals surface area contributed by atoms with Crippen LogP contribution in [0.25, 0.3) is 0 Å². The van der Waals surface area contributed by atoms with Gasteiger partial charge in [-0.3, -0.25) is 14.7 Å². The van der Waals surface area contributed by atoms with Crippen molar-refractivity contribution in [3.05, 3.63) is 30.1 Å². The summed E-state index contributed by atoms with van der Waals surface area (Å²) in [6.07, 6.45) is 8.26. The Morgan fingerprint density at radius 2 is 2.19 bits per heavy atom. The molecule has 2 N–H and O–H groups in total. The van der Waals surface area contributed by atoms with Gasteiger partial charge < -0.3 is 10.4 Å². The largest absolute Gasteiger partial charge is 0.395 e. The second-order valence-electron chi connectivity index (χ2n) is 5.60. The molecule has 0 saturated carbocycles. The molecule has 1 aliphatic rings. The van der Waals surface area contributed by atoms with Gasteiger partial charge in [0.1, 0.15) is 0 Å². The maximum Gasteiger partial charge on any atom is 0.224 e. The van der Waals surface area contributed by atoms with Crippen LogP contribution >= 0.6 is 0 Å². The van der Waals surface area contributed by atoms with Gasteiger partial charge in [-0.1, -0.05) is 6.42 Å². The number of rotatable bonds is 7. The predicted molar refractivity (Wildman–Crippen MR) is 81.9 cm³/mol. The molecule has 0 aliphatic carbocycles. The predicted octanol–water partition coefficient (Wildman–Crippen LogP) is 0.977. The average molecular weight is 291 g/mol. The van der Waals surface area contributed by atoms with Gasteiger partial charge in [0.15, 0.2) is 0 Å². The van der Waals surface area contributed by atoms with E-state index in [0.717, 1.165) is 31.5 Å². The number of nitrogens with one attached hydrogen (secondary N) is 1. The highest BCUT2D eigenvalue weighted by Crippen LogP contribution is 2.16. The number of aromatic nitrogens is 1. The summed E-state index contributed by atoms with van der Waals surface area (Å²) in [4.78, 5) is 18.1. The number of piperidine rings is 1. The van der Waals surface area contributed by atoms with Gasteiger partial charge in [-0.05, 0) is 43.5 Å². The quantitative estimate of drug-likeness (QED) is 0.735. The molecule has 1 amide bonds. The van der Waals surface area contributed by atoms with E-state index >= 15 is 0 Å². The lowest BCUT2D eigenvalue weighted by atomic mass is 10.0. The fourth-order valence-electron chi connectivity index (χ4n) is 2.82. The van der Waals surface area contributed by atoms with Gasteiger partial charge in [0.25, 0.3) is 0 Å². The maximum atomic E-state index is 11.8. The molecule has 5 heteroatoms. The van der Waals surface area contributed by atoms with Gasteiger partial charge in [-0.15, -0.1) is 0 Å². The summed E-state index contributed by atoms with van der Waals surface area (Å²) < 4.78 is 0. The molecule has 0 aromatic carbocycles. The number of likely N-dealkylation sites (tertiary alicyclic amines) is 1. The molecule has 0 spiro atoms. The maximum absolute atomic E-state index is 11.8. The number of nitrogens with zero attached hydrogens (tertiary/aromatic N) is 2. The Bertz CT molecular complexity index is 425. The molecule has 2 rings (SSSR count). The number of amides is 1. The van der Waals surface area contributed by atoms with Crippen LogP contribution in [0.4, 0.5) is 0 Å². The van der Waals surface area contributed by atoms with E-state index in [2.05, 4.69) is 15.2 Å². The topological polar surface area (TPSA) is 65.5 Å². The Labute approximate surface area is 126 Å². The first-order chi connectivity index (χ1) is 10.3. The second kappa shape index (κ2) is 8.74. The van der Waals surface area contributed by atoms with E-state index in [-0.39, 0.29) is 12.5 Å². The number of hydrogen-bond donors (Lipinski definition) is 2. The van der Waals surface area contributed by atoms with Crippen molar-refractivity contribution in [3.8, 4) is 0 Å².